The van der Waals surface area contributed by atoms with Gasteiger partial charge in [0.1, 0.15) is 5.56 Å². The molecule has 0 radical (unpaired) electrons. The van der Waals surface area contributed by atoms with E-state index in [1.54, 1.807) is 4.90 Å². The van der Waals surface area contributed by atoms with Crippen LogP contribution in [0.2, 0.25) is 5.02 Å². The van der Waals surface area contributed by atoms with Crippen LogP contribution in [0.15, 0.2) is 17.1 Å². The van der Waals surface area contributed by atoms with Crippen molar-refractivity contribution in [2.75, 3.05) is 47.3 Å². The van der Waals surface area contributed by atoms with E-state index in [1.807, 2.05) is 0 Å². The number of halogens is 1. The molecule has 1 aromatic heterocycles. The highest BCUT2D eigenvalue weighted by atomic mass is 35.5. The van der Waals surface area contributed by atoms with Crippen molar-refractivity contribution in [1.29, 1.82) is 0 Å². The quantitative estimate of drug-likeness (QED) is 0.841. The fraction of sp³-hybridized carbons (Fsp3) is 0.647. The number of hydrogen-bond donors (Lipinski definition) is 1. The SMILES string of the molecule is CN(C)CCCN(C)C1CCCN(C(=O)c2cc(Cl)c[nH]c2=O)C1. The van der Waals surface area contributed by atoms with Gasteiger partial charge in [0.15, 0.2) is 0 Å². The number of H-pyrrole nitrogens is 1. The molecule has 2 heterocycles. The number of amides is 1. The van der Waals surface area contributed by atoms with Crippen molar-refractivity contribution >= 4 is 17.5 Å². The molecule has 1 saturated heterocycles. The number of aromatic nitrogens is 1. The van der Waals surface area contributed by atoms with E-state index in [1.165, 1.54) is 12.3 Å². The number of carbonyl (C=O) groups excluding carboxylic acids is 1. The number of aromatic amines is 1. The lowest BCUT2D eigenvalue weighted by atomic mass is 10.0. The van der Waals surface area contributed by atoms with Crippen LogP contribution in [0.5, 0.6) is 0 Å². The molecule has 0 spiro atoms. The van der Waals surface area contributed by atoms with Crippen molar-refractivity contribution in [3.05, 3.63) is 33.2 Å². The van der Waals surface area contributed by atoms with Gasteiger partial charge in [0.2, 0.25) is 0 Å². The number of likely N-dealkylation sites (tertiary alicyclic amines) is 1. The Balaban J connectivity index is 1.98. The molecule has 24 heavy (non-hydrogen) atoms. The highest BCUT2D eigenvalue weighted by Gasteiger charge is 2.28. The largest absolute Gasteiger partial charge is 0.337 e. The molecule has 0 aliphatic carbocycles. The highest BCUT2D eigenvalue weighted by Crippen LogP contribution is 2.17. The summed E-state index contributed by atoms with van der Waals surface area (Å²) >= 11 is 5.91. The smallest absolute Gasteiger partial charge is 0.260 e. The topological polar surface area (TPSA) is 59.6 Å². The molecule has 7 heteroatoms. The molecule has 1 aliphatic heterocycles. The van der Waals surface area contributed by atoms with E-state index in [-0.39, 0.29) is 17.0 Å². The highest BCUT2D eigenvalue weighted by molar-refractivity contribution is 6.30. The molecule has 2 rings (SSSR count). The number of nitrogens with zero attached hydrogens (tertiary/aromatic N) is 3. The number of piperidine rings is 1. The monoisotopic (exact) mass is 354 g/mol. The van der Waals surface area contributed by atoms with E-state index in [0.717, 1.165) is 32.4 Å². The van der Waals surface area contributed by atoms with Crippen LogP contribution in [-0.4, -0.2) is 79.0 Å². The second kappa shape index (κ2) is 8.65. The Labute approximate surface area is 148 Å². The van der Waals surface area contributed by atoms with Crippen LogP contribution in [0.25, 0.3) is 0 Å². The second-order valence-electron chi connectivity index (χ2n) is 6.75. The average molecular weight is 355 g/mol. The third kappa shape index (κ3) is 5.06. The maximum Gasteiger partial charge on any atom is 0.260 e. The number of nitrogens with one attached hydrogen (secondary N) is 1. The molecule has 1 fully saturated rings. The Morgan fingerprint density at radius 2 is 2.12 bits per heavy atom. The summed E-state index contributed by atoms with van der Waals surface area (Å²) in [6, 6.07) is 1.79. The zero-order chi connectivity index (χ0) is 17.7. The third-order valence-electron chi connectivity index (χ3n) is 4.52. The molecule has 1 aromatic rings. The van der Waals surface area contributed by atoms with E-state index in [2.05, 4.69) is 35.9 Å². The van der Waals surface area contributed by atoms with E-state index in [4.69, 9.17) is 11.6 Å². The lowest BCUT2D eigenvalue weighted by Gasteiger charge is -2.37. The van der Waals surface area contributed by atoms with Gasteiger partial charge in [-0.1, -0.05) is 11.6 Å². The van der Waals surface area contributed by atoms with Crippen molar-refractivity contribution in [3.8, 4) is 0 Å². The fourth-order valence-corrected chi connectivity index (χ4v) is 3.27. The first kappa shape index (κ1) is 19.0. The fourth-order valence-electron chi connectivity index (χ4n) is 3.10. The van der Waals surface area contributed by atoms with Gasteiger partial charge in [-0.2, -0.15) is 0 Å². The summed E-state index contributed by atoms with van der Waals surface area (Å²) in [5.41, 5.74) is -0.260. The van der Waals surface area contributed by atoms with Crippen LogP contribution in [0.4, 0.5) is 0 Å². The van der Waals surface area contributed by atoms with Crippen molar-refractivity contribution in [3.63, 3.8) is 0 Å². The predicted octanol–water partition coefficient (Wildman–Crippen LogP) is 1.52. The summed E-state index contributed by atoms with van der Waals surface area (Å²) in [5.74, 6) is -0.231. The summed E-state index contributed by atoms with van der Waals surface area (Å²) in [4.78, 5) is 33.4. The van der Waals surface area contributed by atoms with Crippen LogP contribution < -0.4 is 5.56 Å². The van der Waals surface area contributed by atoms with Gasteiger partial charge >= 0.3 is 0 Å². The van der Waals surface area contributed by atoms with Crippen LogP contribution >= 0.6 is 11.6 Å². The van der Waals surface area contributed by atoms with Gasteiger partial charge in [-0.25, -0.2) is 0 Å². The van der Waals surface area contributed by atoms with Gasteiger partial charge in [-0.15, -0.1) is 0 Å². The third-order valence-corrected chi connectivity index (χ3v) is 4.74. The maximum absolute atomic E-state index is 12.7. The number of likely N-dealkylation sites (N-methyl/N-ethyl adjacent to an activating group) is 1. The Hall–Kier alpha value is -1.37. The molecule has 134 valence electrons. The van der Waals surface area contributed by atoms with Crippen LogP contribution in [0, 0.1) is 0 Å². The molecule has 0 bridgehead atoms. The van der Waals surface area contributed by atoms with Crippen LogP contribution in [0.1, 0.15) is 29.6 Å². The first-order valence-corrected chi connectivity index (χ1v) is 8.78. The summed E-state index contributed by atoms with van der Waals surface area (Å²) < 4.78 is 0. The van der Waals surface area contributed by atoms with Crippen molar-refractivity contribution in [2.45, 2.75) is 25.3 Å². The van der Waals surface area contributed by atoms with Gasteiger partial charge in [0.25, 0.3) is 11.5 Å². The number of carbonyl (C=O) groups is 1. The maximum atomic E-state index is 12.7. The minimum Gasteiger partial charge on any atom is -0.337 e. The van der Waals surface area contributed by atoms with Gasteiger partial charge in [0, 0.05) is 25.3 Å². The molecule has 0 saturated carbocycles. The van der Waals surface area contributed by atoms with Crippen LogP contribution in [-0.2, 0) is 0 Å². The number of rotatable bonds is 6. The second-order valence-corrected chi connectivity index (χ2v) is 7.18. The van der Waals surface area contributed by atoms with E-state index >= 15 is 0 Å². The van der Waals surface area contributed by atoms with Crippen LogP contribution in [0.3, 0.4) is 0 Å². The standard InChI is InChI=1S/C17H27ClN4O2/c1-20(2)7-5-8-21(3)14-6-4-9-22(12-14)17(24)15-10-13(18)11-19-16(15)23/h10-11,14H,4-9,12H2,1-3H3,(H,19,23). The summed E-state index contributed by atoms with van der Waals surface area (Å²) in [5, 5.41) is 0.368. The molecule has 1 amide bonds. The Morgan fingerprint density at radius 3 is 2.83 bits per heavy atom. The lowest BCUT2D eigenvalue weighted by Crippen LogP contribution is -2.49. The molecular formula is C17H27ClN4O2. The Kier molecular flexibility index (Phi) is 6.83. The summed E-state index contributed by atoms with van der Waals surface area (Å²) in [6.45, 7) is 3.40. The van der Waals surface area contributed by atoms with Crippen molar-refractivity contribution in [2.24, 2.45) is 0 Å². The molecule has 1 aliphatic rings. The molecule has 1 unspecified atom stereocenters. The van der Waals surface area contributed by atoms with Crippen molar-refractivity contribution < 1.29 is 4.79 Å². The minimum atomic E-state index is -0.383. The zero-order valence-electron chi connectivity index (χ0n) is 14.7. The lowest BCUT2D eigenvalue weighted by molar-refractivity contribution is 0.0605. The Morgan fingerprint density at radius 1 is 1.38 bits per heavy atom. The zero-order valence-corrected chi connectivity index (χ0v) is 15.5. The van der Waals surface area contributed by atoms with E-state index in [0.29, 0.717) is 24.2 Å². The van der Waals surface area contributed by atoms with Gasteiger partial charge in [-0.3, -0.25) is 9.59 Å². The molecular weight excluding hydrogens is 328 g/mol. The molecule has 0 aromatic carbocycles. The number of hydrogen-bond acceptors (Lipinski definition) is 4. The molecule has 6 nitrogen and oxygen atoms in total. The molecule has 1 N–H and O–H groups in total. The summed E-state index contributed by atoms with van der Waals surface area (Å²) in [6.07, 6.45) is 4.53. The first-order chi connectivity index (χ1) is 11.4. The Bertz CT molecular complexity index is 617. The normalized spacial score (nSPS) is 18.4. The van der Waals surface area contributed by atoms with E-state index < -0.39 is 0 Å². The molecule has 1 atom stereocenters. The number of pyridine rings is 1. The first-order valence-electron chi connectivity index (χ1n) is 8.41. The average Bonchev–Trinajstić information content (AvgIpc) is 2.56. The van der Waals surface area contributed by atoms with Gasteiger partial charge < -0.3 is 19.7 Å². The van der Waals surface area contributed by atoms with Gasteiger partial charge in [0.05, 0.1) is 5.02 Å². The van der Waals surface area contributed by atoms with E-state index in [9.17, 15) is 9.59 Å². The predicted molar refractivity (Wildman–Crippen MR) is 96.8 cm³/mol. The van der Waals surface area contributed by atoms with Gasteiger partial charge in [-0.05, 0) is 59.6 Å². The summed E-state index contributed by atoms with van der Waals surface area (Å²) in [7, 11) is 6.26. The minimum absolute atomic E-state index is 0.124. The van der Waals surface area contributed by atoms with Crippen molar-refractivity contribution in [1.82, 2.24) is 19.7 Å².